The van der Waals surface area contributed by atoms with Gasteiger partial charge < -0.3 is 15.0 Å². The number of ether oxygens (including phenoxy) is 1. The van der Waals surface area contributed by atoms with E-state index in [0.717, 1.165) is 44.8 Å². The van der Waals surface area contributed by atoms with Crippen LogP contribution in [0.25, 0.3) is 6.08 Å². The Bertz CT molecular complexity index is 551. The van der Waals surface area contributed by atoms with Crippen LogP contribution in [-0.4, -0.2) is 50.2 Å². The van der Waals surface area contributed by atoms with E-state index in [1.54, 1.807) is 18.2 Å². The lowest BCUT2D eigenvalue weighted by atomic mass is 10.2. The zero-order valence-corrected chi connectivity index (χ0v) is 13.0. The van der Waals surface area contributed by atoms with E-state index in [2.05, 4.69) is 5.32 Å². The molecule has 0 bridgehead atoms. The minimum atomic E-state index is -0.448. The van der Waals surface area contributed by atoms with Crippen molar-refractivity contribution in [3.8, 4) is 0 Å². The van der Waals surface area contributed by atoms with Crippen LogP contribution in [-0.2, 0) is 9.53 Å². The normalized spacial score (nSPS) is 15.7. The highest BCUT2D eigenvalue weighted by molar-refractivity contribution is 5.91. The number of carbonyl (C=O) groups is 1. The van der Waals surface area contributed by atoms with Gasteiger partial charge in [-0.1, -0.05) is 0 Å². The Morgan fingerprint density at radius 3 is 2.65 bits per heavy atom. The summed E-state index contributed by atoms with van der Waals surface area (Å²) in [6.07, 6.45) is 4.03. The van der Waals surface area contributed by atoms with E-state index in [-0.39, 0.29) is 11.6 Å². The van der Waals surface area contributed by atoms with E-state index < -0.39 is 4.92 Å². The number of quaternary nitrogens is 1. The number of nitro benzene ring substituents is 1. The molecule has 1 aromatic carbocycles. The number of nitrogens with one attached hydrogen (secondary N) is 2. The molecule has 2 rings (SSSR count). The van der Waals surface area contributed by atoms with Crippen LogP contribution in [0.3, 0.4) is 0 Å². The third-order valence-corrected chi connectivity index (χ3v) is 3.74. The molecule has 1 amide bonds. The van der Waals surface area contributed by atoms with Gasteiger partial charge in [0.15, 0.2) is 0 Å². The molecule has 0 radical (unpaired) electrons. The molecule has 1 fully saturated rings. The third-order valence-electron chi connectivity index (χ3n) is 3.74. The number of amides is 1. The zero-order valence-electron chi connectivity index (χ0n) is 13.0. The quantitative estimate of drug-likeness (QED) is 0.321. The van der Waals surface area contributed by atoms with Crippen molar-refractivity contribution in [2.45, 2.75) is 6.42 Å². The number of rotatable bonds is 7. The van der Waals surface area contributed by atoms with Crippen molar-refractivity contribution in [1.29, 1.82) is 0 Å². The van der Waals surface area contributed by atoms with Gasteiger partial charge in [-0.25, -0.2) is 0 Å². The average Bonchev–Trinajstić information content (AvgIpc) is 2.58. The summed E-state index contributed by atoms with van der Waals surface area (Å²) in [7, 11) is 0. The number of hydrogen-bond acceptors (Lipinski definition) is 4. The van der Waals surface area contributed by atoms with Gasteiger partial charge in [0, 0.05) is 31.2 Å². The summed E-state index contributed by atoms with van der Waals surface area (Å²) < 4.78 is 5.30. The van der Waals surface area contributed by atoms with Crippen molar-refractivity contribution in [1.82, 2.24) is 5.32 Å². The van der Waals surface area contributed by atoms with E-state index in [9.17, 15) is 14.9 Å². The Labute approximate surface area is 135 Å². The molecule has 1 saturated heterocycles. The fraction of sp³-hybridized carbons (Fsp3) is 0.438. The third kappa shape index (κ3) is 6.17. The predicted octanol–water partition coefficient (Wildman–Crippen LogP) is 0.0294. The van der Waals surface area contributed by atoms with Gasteiger partial charge in [0.1, 0.15) is 13.1 Å². The molecule has 7 heteroatoms. The molecule has 23 heavy (non-hydrogen) atoms. The molecule has 7 nitrogen and oxygen atoms in total. The number of non-ortho nitro benzene ring substituents is 1. The van der Waals surface area contributed by atoms with Gasteiger partial charge in [-0.05, 0) is 23.8 Å². The Morgan fingerprint density at radius 2 is 2.00 bits per heavy atom. The van der Waals surface area contributed by atoms with Crippen LogP contribution >= 0.6 is 0 Å². The molecule has 0 unspecified atom stereocenters. The van der Waals surface area contributed by atoms with Crippen molar-refractivity contribution in [3.05, 3.63) is 46.0 Å². The Kier molecular flexibility index (Phi) is 6.71. The lowest BCUT2D eigenvalue weighted by Crippen LogP contribution is -3.14. The maximum atomic E-state index is 11.7. The number of benzene rings is 1. The predicted molar refractivity (Wildman–Crippen MR) is 86.1 cm³/mol. The summed E-state index contributed by atoms with van der Waals surface area (Å²) in [5.41, 5.74) is 0.792. The molecule has 2 N–H and O–H groups in total. The van der Waals surface area contributed by atoms with Crippen LogP contribution in [0.1, 0.15) is 12.0 Å². The van der Waals surface area contributed by atoms with Crippen LogP contribution in [0.2, 0.25) is 0 Å². The maximum absolute atomic E-state index is 11.7. The summed E-state index contributed by atoms with van der Waals surface area (Å²) in [6, 6.07) is 6.07. The summed E-state index contributed by atoms with van der Waals surface area (Å²) in [5.74, 6) is -0.152. The van der Waals surface area contributed by atoms with Crippen LogP contribution in [0, 0.1) is 10.1 Å². The molecule has 1 aliphatic rings. The van der Waals surface area contributed by atoms with Gasteiger partial charge >= 0.3 is 0 Å². The fourth-order valence-corrected chi connectivity index (χ4v) is 2.40. The largest absolute Gasteiger partial charge is 0.370 e. The number of carbonyl (C=O) groups excluding carboxylic acids is 1. The highest BCUT2D eigenvalue weighted by Crippen LogP contribution is 2.12. The first-order valence-electron chi connectivity index (χ1n) is 7.77. The molecule has 1 aromatic rings. The number of nitro groups is 1. The van der Waals surface area contributed by atoms with Gasteiger partial charge in [-0.2, -0.15) is 0 Å². The highest BCUT2D eigenvalue weighted by Gasteiger charge is 2.12. The fourth-order valence-electron chi connectivity index (χ4n) is 2.40. The molecule has 0 aliphatic carbocycles. The Hall–Kier alpha value is -2.25. The molecular formula is C16H22N3O4+. The van der Waals surface area contributed by atoms with Gasteiger partial charge in [0.2, 0.25) is 5.91 Å². The van der Waals surface area contributed by atoms with Crippen LogP contribution in [0.5, 0.6) is 0 Å². The molecule has 0 spiro atoms. The van der Waals surface area contributed by atoms with Crippen molar-refractivity contribution in [3.63, 3.8) is 0 Å². The van der Waals surface area contributed by atoms with E-state index in [4.69, 9.17) is 4.74 Å². The topological polar surface area (TPSA) is 85.9 Å². The van der Waals surface area contributed by atoms with E-state index in [1.807, 2.05) is 0 Å². The van der Waals surface area contributed by atoms with E-state index in [0.29, 0.717) is 6.54 Å². The SMILES string of the molecule is O=C(/C=C/c1ccc([N+](=O)[O-])cc1)NCCC[NH+]1CCOCC1. The average molecular weight is 320 g/mol. The molecule has 124 valence electrons. The maximum Gasteiger partial charge on any atom is 0.269 e. The van der Waals surface area contributed by atoms with E-state index >= 15 is 0 Å². The van der Waals surface area contributed by atoms with Crippen LogP contribution in [0.4, 0.5) is 5.69 Å². The second kappa shape index (κ2) is 9.02. The summed E-state index contributed by atoms with van der Waals surface area (Å²) in [6.45, 7) is 5.39. The monoisotopic (exact) mass is 320 g/mol. The zero-order chi connectivity index (χ0) is 16.5. The van der Waals surface area contributed by atoms with Crippen molar-refractivity contribution in [2.75, 3.05) is 39.4 Å². The summed E-state index contributed by atoms with van der Waals surface area (Å²) in [4.78, 5) is 23.3. The Balaban J connectivity index is 1.66. The van der Waals surface area contributed by atoms with E-state index in [1.165, 1.54) is 23.1 Å². The Morgan fingerprint density at radius 1 is 1.30 bits per heavy atom. The molecule has 0 atom stereocenters. The standard InChI is InChI=1S/C16H21N3O4/c20-16(17-8-1-9-18-10-12-23-13-11-18)7-4-14-2-5-15(6-3-14)19(21)22/h2-7H,1,8-13H2,(H,17,20)/p+1/b7-4+. The van der Waals surface area contributed by atoms with Gasteiger partial charge in [0.25, 0.3) is 5.69 Å². The molecule has 0 saturated carbocycles. The summed E-state index contributed by atoms with van der Waals surface area (Å²) >= 11 is 0. The van der Waals surface area contributed by atoms with Crippen LogP contribution in [0.15, 0.2) is 30.3 Å². The number of nitrogens with zero attached hydrogens (tertiary/aromatic N) is 1. The smallest absolute Gasteiger partial charge is 0.269 e. The first-order valence-corrected chi connectivity index (χ1v) is 7.77. The van der Waals surface area contributed by atoms with Gasteiger partial charge in [0.05, 0.1) is 24.7 Å². The number of morpholine rings is 1. The van der Waals surface area contributed by atoms with Crippen LogP contribution < -0.4 is 10.2 Å². The highest BCUT2D eigenvalue weighted by atomic mass is 16.6. The lowest BCUT2D eigenvalue weighted by Gasteiger charge is -2.23. The lowest BCUT2D eigenvalue weighted by molar-refractivity contribution is -0.908. The molecule has 1 heterocycles. The summed E-state index contributed by atoms with van der Waals surface area (Å²) in [5, 5.41) is 13.4. The van der Waals surface area contributed by atoms with Gasteiger partial charge in [-0.15, -0.1) is 0 Å². The first kappa shape index (κ1) is 17.1. The molecular weight excluding hydrogens is 298 g/mol. The van der Waals surface area contributed by atoms with Crippen molar-refractivity contribution < 1.29 is 19.4 Å². The molecule has 0 aromatic heterocycles. The minimum absolute atomic E-state index is 0.0391. The van der Waals surface area contributed by atoms with Crippen molar-refractivity contribution in [2.24, 2.45) is 0 Å². The first-order chi connectivity index (χ1) is 11.1. The second-order valence-corrected chi connectivity index (χ2v) is 5.44. The van der Waals surface area contributed by atoms with Crippen molar-refractivity contribution >= 4 is 17.7 Å². The van der Waals surface area contributed by atoms with Gasteiger partial charge in [-0.3, -0.25) is 14.9 Å². The molecule has 1 aliphatic heterocycles. The number of hydrogen-bond donors (Lipinski definition) is 2. The minimum Gasteiger partial charge on any atom is -0.370 e. The second-order valence-electron chi connectivity index (χ2n) is 5.44.